The molecule has 146 valence electrons. The first-order valence-corrected chi connectivity index (χ1v) is 8.00. The van der Waals surface area contributed by atoms with Crippen LogP contribution in [-0.2, 0) is 23.9 Å². The Balaban J connectivity index is 2.72. The van der Waals surface area contributed by atoms with Gasteiger partial charge in [-0.15, -0.1) is 0 Å². The molecule has 0 radical (unpaired) electrons. The molecule has 0 unspecified atom stereocenters. The summed E-state index contributed by atoms with van der Waals surface area (Å²) in [6.07, 6.45) is 5.80. The van der Waals surface area contributed by atoms with E-state index in [1.165, 1.54) is 54.5 Å². The van der Waals surface area contributed by atoms with Gasteiger partial charge >= 0.3 is 17.9 Å². The molecule has 28 heavy (non-hydrogen) atoms. The molecule has 1 amide bonds. The van der Waals surface area contributed by atoms with Crippen molar-refractivity contribution >= 4 is 35.2 Å². The summed E-state index contributed by atoms with van der Waals surface area (Å²) in [5, 5.41) is 12.1. The van der Waals surface area contributed by atoms with Gasteiger partial charge in [0, 0.05) is 18.8 Å². The fourth-order valence-electron chi connectivity index (χ4n) is 2.55. The van der Waals surface area contributed by atoms with Crippen molar-refractivity contribution in [3.63, 3.8) is 0 Å². The molecule has 0 aromatic heterocycles. The number of esters is 2. The van der Waals surface area contributed by atoms with Crippen molar-refractivity contribution in [3.05, 3.63) is 59.5 Å². The minimum absolute atomic E-state index is 0.0864. The average Bonchev–Trinajstić information content (AvgIpc) is 2.89. The Morgan fingerprint density at radius 1 is 1.04 bits per heavy atom. The van der Waals surface area contributed by atoms with Gasteiger partial charge in [0.25, 0.3) is 0 Å². The van der Waals surface area contributed by atoms with Crippen LogP contribution in [-0.4, -0.2) is 43.1 Å². The predicted molar refractivity (Wildman–Crippen MR) is 99.5 cm³/mol. The van der Waals surface area contributed by atoms with Gasteiger partial charge in [0.15, 0.2) is 0 Å². The Morgan fingerprint density at radius 2 is 1.71 bits per heavy atom. The summed E-state index contributed by atoms with van der Waals surface area (Å²) in [5.41, 5.74) is -0.176. The maximum Gasteiger partial charge on any atom is 0.355 e. The molecule has 1 aromatic rings. The summed E-state index contributed by atoms with van der Waals surface area (Å²) in [6, 6.07) is 4.13. The van der Waals surface area contributed by atoms with Crippen molar-refractivity contribution in [2.75, 3.05) is 24.4 Å². The molecule has 1 aliphatic heterocycles. The van der Waals surface area contributed by atoms with E-state index in [1.54, 1.807) is 0 Å². The van der Waals surface area contributed by atoms with Gasteiger partial charge in [0.05, 0.1) is 31.0 Å². The number of nitrogens with zero attached hydrogens (tertiary/aromatic N) is 1. The van der Waals surface area contributed by atoms with E-state index >= 15 is 0 Å². The van der Waals surface area contributed by atoms with Crippen molar-refractivity contribution in [2.45, 2.75) is 6.92 Å². The van der Waals surface area contributed by atoms with Crippen molar-refractivity contribution in [1.82, 2.24) is 0 Å². The van der Waals surface area contributed by atoms with Crippen LogP contribution in [0.25, 0.3) is 0 Å². The summed E-state index contributed by atoms with van der Waals surface area (Å²) in [5.74, 6) is -3.32. The van der Waals surface area contributed by atoms with Crippen LogP contribution in [0.5, 0.6) is 0 Å². The summed E-state index contributed by atoms with van der Waals surface area (Å²) < 4.78 is 9.50. The number of hydrogen-bond acceptors (Lipinski definition) is 7. The molecule has 2 rings (SSSR count). The molecule has 0 spiro atoms. The molecule has 2 N–H and O–H groups in total. The van der Waals surface area contributed by atoms with Crippen LogP contribution in [0.4, 0.5) is 11.4 Å². The summed E-state index contributed by atoms with van der Waals surface area (Å²) in [4.78, 5) is 48.9. The zero-order valence-corrected chi connectivity index (χ0v) is 15.4. The molecule has 1 aliphatic rings. The number of carboxylic acids is 1. The number of carbonyl (C=O) groups is 4. The number of nitrogens with one attached hydrogen (secondary N) is 1. The highest BCUT2D eigenvalue weighted by Gasteiger charge is 2.29. The van der Waals surface area contributed by atoms with Crippen LogP contribution < -0.4 is 10.2 Å². The van der Waals surface area contributed by atoms with Crippen molar-refractivity contribution < 1.29 is 33.8 Å². The van der Waals surface area contributed by atoms with Gasteiger partial charge in [0.1, 0.15) is 5.70 Å². The lowest BCUT2D eigenvalue weighted by atomic mass is 10.1. The molecule has 9 heteroatoms. The van der Waals surface area contributed by atoms with E-state index in [0.29, 0.717) is 0 Å². The van der Waals surface area contributed by atoms with Crippen LogP contribution in [0, 0.1) is 0 Å². The van der Waals surface area contributed by atoms with E-state index in [0.717, 1.165) is 14.2 Å². The lowest BCUT2D eigenvalue weighted by Crippen LogP contribution is -2.28. The molecule has 1 heterocycles. The zero-order chi connectivity index (χ0) is 20.8. The third-order valence-corrected chi connectivity index (χ3v) is 3.70. The minimum atomic E-state index is -1.29. The molecule has 0 atom stereocenters. The van der Waals surface area contributed by atoms with Crippen molar-refractivity contribution in [2.24, 2.45) is 0 Å². The highest BCUT2D eigenvalue weighted by atomic mass is 16.5. The maximum atomic E-state index is 12.4. The van der Waals surface area contributed by atoms with E-state index in [1.807, 2.05) is 0 Å². The lowest BCUT2D eigenvalue weighted by Gasteiger charge is -2.24. The van der Waals surface area contributed by atoms with Crippen LogP contribution in [0.2, 0.25) is 0 Å². The number of carbonyl (C=O) groups excluding carboxylic acids is 3. The van der Waals surface area contributed by atoms with Gasteiger partial charge in [-0.05, 0) is 30.4 Å². The molecule has 0 saturated carbocycles. The summed E-state index contributed by atoms with van der Waals surface area (Å²) >= 11 is 0. The van der Waals surface area contributed by atoms with E-state index in [4.69, 9.17) is 9.47 Å². The number of aromatic carboxylic acids is 1. The number of anilines is 2. The molecule has 1 aromatic carbocycles. The Bertz CT molecular complexity index is 928. The smallest absolute Gasteiger partial charge is 0.355 e. The number of hydrogen-bond donors (Lipinski definition) is 2. The van der Waals surface area contributed by atoms with Crippen LogP contribution in [0.3, 0.4) is 0 Å². The quantitative estimate of drug-likeness (QED) is 0.735. The largest absolute Gasteiger partial charge is 0.478 e. The molecule has 0 aliphatic carbocycles. The second kappa shape index (κ2) is 8.67. The van der Waals surface area contributed by atoms with E-state index in [-0.39, 0.29) is 34.1 Å². The number of rotatable bonds is 5. The average molecular weight is 386 g/mol. The van der Waals surface area contributed by atoms with Gasteiger partial charge in [-0.2, -0.15) is 0 Å². The molecule has 0 bridgehead atoms. The van der Waals surface area contributed by atoms with E-state index in [9.17, 15) is 24.3 Å². The first kappa shape index (κ1) is 20.4. The molecule has 0 fully saturated rings. The molecular formula is C19H18N2O7. The third kappa shape index (κ3) is 4.26. The normalized spacial score (nSPS) is 13.0. The highest BCUT2D eigenvalue weighted by molar-refractivity contribution is 6.07. The molecular weight excluding hydrogens is 368 g/mol. The fraction of sp³-hybridized carbons (Fsp3) is 0.158. The van der Waals surface area contributed by atoms with Gasteiger partial charge in [-0.25, -0.2) is 14.4 Å². The Kier molecular flexibility index (Phi) is 6.33. The van der Waals surface area contributed by atoms with Gasteiger partial charge < -0.3 is 24.8 Å². The Labute approximate surface area is 160 Å². The number of amides is 1. The molecule has 0 saturated heterocycles. The number of benzene rings is 1. The number of allylic oxidation sites excluding steroid dienone is 2. The van der Waals surface area contributed by atoms with Crippen LogP contribution in [0.1, 0.15) is 17.3 Å². The molecule has 9 nitrogen and oxygen atoms in total. The van der Waals surface area contributed by atoms with Crippen LogP contribution in [0.15, 0.2) is 53.9 Å². The Hall–Kier alpha value is -3.88. The lowest BCUT2D eigenvalue weighted by molar-refractivity contribution is -0.139. The number of methoxy groups -OCH3 is 2. The zero-order valence-electron chi connectivity index (χ0n) is 15.4. The van der Waals surface area contributed by atoms with Gasteiger partial charge in [0.2, 0.25) is 5.91 Å². The van der Waals surface area contributed by atoms with Gasteiger partial charge in [-0.1, -0.05) is 6.08 Å². The standard InChI is InChI=1S/C19H18N2O7/c1-11(22)20-12-7-8-15(14(10-12)17(23)24)21-9-5-4-6-13(18(25)27-2)16(21)19(26)28-3/h4-10H,1-3H3,(H,20,22)(H,23,24). The monoisotopic (exact) mass is 386 g/mol. The minimum Gasteiger partial charge on any atom is -0.478 e. The van der Waals surface area contributed by atoms with Crippen molar-refractivity contribution in [1.29, 1.82) is 0 Å². The third-order valence-electron chi connectivity index (χ3n) is 3.70. The first-order valence-electron chi connectivity index (χ1n) is 8.00. The highest BCUT2D eigenvalue weighted by Crippen LogP contribution is 2.31. The predicted octanol–water partition coefficient (Wildman–Crippen LogP) is 1.83. The maximum absolute atomic E-state index is 12.4. The topological polar surface area (TPSA) is 122 Å². The van der Waals surface area contributed by atoms with Crippen LogP contribution >= 0.6 is 0 Å². The second-order valence-electron chi connectivity index (χ2n) is 5.53. The summed E-state index contributed by atoms with van der Waals surface area (Å²) in [7, 11) is 2.30. The van der Waals surface area contributed by atoms with Gasteiger partial charge in [-0.3, -0.25) is 4.79 Å². The second-order valence-corrected chi connectivity index (χ2v) is 5.53. The van der Waals surface area contributed by atoms with E-state index < -0.39 is 17.9 Å². The van der Waals surface area contributed by atoms with Crippen molar-refractivity contribution in [3.8, 4) is 0 Å². The fourth-order valence-corrected chi connectivity index (χ4v) is 2.55. The number of carboxylic acid groups (broad SMARTS) is 1. The first-order chi connectivity index (χ1) is 13.3. The Morgan fingerprint density at radius 3 is 2.29 bits per heavy atom. The summed E-state index contributed by atoms with van der Waals surface area (Å²) in [6.45, 7) is 1.29. The SMILES string of the molecule is COC(=O)C1=C(C(=O)OC)N(c2ccc(NC(C)=O)cc2C(=O)O)C=CC=C1. The number of ether oxygens (including phenoxy) is 2. The van der Waals surface area contributed by atoms with E-state index in [2.05, 4.69) is 5.32 Å².